The van der Waals surface area contributed by atoms with Crippen LogP contribution in [0.2, 0.25) is 0 Å². The number of carbonyl (C=O) groups excluding carboxylic acids is 3. The lowest BCUT2D eigenvalue weighted by atomic mass is 10.1. The highest BCUT2D eigenvalue weighted by molar-refractivity contribution is 7.14. The third-order valence-electron chi connectivity index (χ3n) is 3.31. The fourth-order valence-electron chi connectivity index (χ4n) is 2.06. The summed E-state index contributed by atoms with van der Waals surface area (Å²) in [5.74, 6) is -1.29. The predicted octanol–water partition coefficient (Wildman–Crippen LogP) is 2.53. The van der Waals surface area contributed by atoms with Crippen molar-refractivity contribution in [2.75, 3.05) is 13.2 Å². The maximum absolute atomic E-state index is 12.8. The van der Waals surface area contributed by atoms with Crippen LogP contribution in [0.3, 0.4) is 0 Å². The minimum absolute atomic E-state index is 0.0139. The molecule has 0 saturated carbocycles. The van der Waals surface area contributed by atoms with Gasteiger partial charge in [0.1, 0.15) is 5.82 Å². The predicted molar refractivity (Wildman–Crippen MR) is 92.1 cm³/mol. The van der Waals surface area contributed by atoms with Gasteiger partial charge in [-0.3, -0.25) is 14.4 Å². The third-order valence-corrected chi connectivity index (χ3v) is 4.49. The molecule has 1 aromatic heterocycles. The Labute approximate surface area is 148 Å². The Balaban J connectivity index is 1.77. The number of nitrogens with one attached hydrogen (secondary N) is 1. The van der Waals surface area contributed by atoms with Gasteiger partial charge in [0, 0.05) is 18.3 Å². The van der Waals surface area contributed by atoms with Gasteiger partial charge in [-0.1, -0.05) is 12.1 Å². The zero-order valence-electron chi connectivity index (χ0n) is 13.7. The van der Waals surface area contributed by atoms with Crippen LogP contribution in [0.1, 0.15) is 27.0 Å². The molecule has 0 spiro atoms. The molecule has 25 heavy (non-hydrogen) atoms. The van der Waals surface area contributed by atoms with Gasteiger partial charge in [0.25, 0.3) is 0 Å². The van der Waals surface area contributed by atoms with E-state index >= 15 is 0 Å². The monoisotopic (exact) mass is 363 g/mol. The van der Waals surface area contributed by atoms with E-state index in [1.807, 2.05) is 6.07 Å². The lowest BCUT2D eigenvalue weighted by molar-refractivity contribution is -0.141. The molecule has 0 aliphatic rings. The van der Waals surface area contributed by atoms with E-state index in [2.05, 4.69) is 5.32 Å². The van der Waals surface area contributed by atoms with Crippen LogP contribution < -0.4 is 5.32 Å². The van der Waals surface area contributed by atoms with Crippen molar-refractivity contribution < 1.29 is 23.5 Å². The van der Waals surface area contributed by atoms with Gasteiger partial charge in [-0.2, -0.15) is 0 Å². The summed E-state index contributed by atoms with van der Waals surface area (Å²) >= 11 is 1.32. The first-order chi connectivity index (χ1) is 11.9. The maximum Gasteiger partial charge on any atom is 0.310 e. The summed E-state index contributed by atoms with van der Waals surface area (Å²) in [5.41, 5.74) is 0.621. The van der Waals surface area contributed by atoms with Crippen LogP contribution in [0.15, 0.2) is 36.4 Å². The largest absolute Gasteiger partial charge is 0.457 e. The average Bonchev–Trinajstić information content (AvgIpc) is 3.03. The van der Waals surface area contributed by atoms with Crippen molar-refractivity contribution in [1.82, 2.24) is 5.32 Å². The lowest BCUT2D eigenvalue weighted by Gasteiger charge is -2.03. The highest BCUT2D eigenvalue weighted by Gasteiger charge is 2.13. The Hall–Kier alpha value is -2.54. The van der Waals surface area contributed by atoms with E-state index in [0.29, 0.717) is 23.4 Å². The van der Waals surface area contributed by atoms with Crippen LogP contribution >= 0.6 is 11.3 Å². The first-order valence-electron chi connectivity index (χ1n) is 7.70. The van der Waals surface area contributed by atoms with Gasteiger partial charge in [0.2, 0.25) is 11.7 Å². The van der Waals surface area contributed by atoms with Gasteiger partial charge in [-0.05, 0) is 36.2 Å². The maximum atomic E-state index is 12.8. The summed E-state index contributed by atoms with van der Waals surface area (Å²) < 4.78 is 17.8. The molecule has 2 aromatic rings. The van der Waals surface area contributed by atoms with E-state index < -0.39 is 5.97 Å². The highest BCUT2D eigenvalue weighted by atomic mass is 32.1. The molecule has 0 fully saturated rings. The van der Waals surface area contributed by atoms with Crippen molar-refractivity contribution in [2.24, 2.45) is 0 Å². The average molecular weight is 363 g/mol. The minimum atomic E-state index is -0.539. The molecule has 0 saturated heterocycles. The van der Waals surface area contributed by atoms with Crippen LogP contribution in [0.25, 0.3) is 0 Å². The van der Waals surface area contributed by atoms with Crippen LogP contribution in [-0.2, 0) is 27.2 Å². The van der Waals surface area contributed by atoms with Crippen molar-refractivity contribution in [3.05, 3.63) is 57.5 Å². The van der Waals surface area contributed by atoms with Gasteiger partial charge in [0.15, 0.2) is 6.61 Å². The number of hydrogen-bond donors (Lipinski definition) is 1. The number of rotatable bonds is 8. The SMILES string of the molecule is CC(=O)NCCc1ccc(C(=O)COC(=O)Cc2ccc(F)cc2)s1. The van der Waals surface area contributed by atoms with Crippen molar-refractivity contribution >= 4 is 29.0 Å². The van der Waals surface area contributed by atoms with Gasteiger partial charge < -0.3 is 10.1 Å². The first kappa shape index (κ1) is 18.8. The Kier molecular flexibility index (Phi) is 6.82. The fraction of sp³-hybridized carbons (Fsp3) is 0.278. The Bertz CT molecular complexity index is 755. The number of thiophene rings is 1. The molecule has 1 heterocycles. The Morgan fingerprint density at radius 2 is 1.84 bits per heavy atom. The number of halogens is 1. The van der Waals surface area contributed by atoms with Crippen LogP contribution in [0, 0.1) is 5.82 Å². The molecule has 2 rings (SSSR count). The molecule has 132 valence electrons. The lowest BCUT2D eigenvalue weighted by Crippen LogP contribution is -2.22. The summed E-state index contributed by atoms with van der Waals surface area (Å²) in [6.07, 6.45) is 0.627. The van der Waals surface area contributed by atoms with E-state index in [9.17, 15) is 18.8 Å². The summed E-state index contributed by atoms with van der Waals surface area (Å²) in [5, 5.41) is 2.69. The number of benzene rings is 1. The molecule has 5 nitrogen and oxygen atoms in total. The number of Topliss-reactive ketones (excluding diaryl/α,β-unsaturated/α-hetero) is 1. The molecule has 0 aliphatic carbocycles. The summed E-state index contributed by atoms with van der Waals surface area (Å²) in [6.45, 7) is 1.63. The van der Waals surface area contributed by atoms with E-state index in [4.69, 9.17) is 4.74 Å². The van der Waals surface area contributed by atoms with E-state index in [1.54, 1.807) is 6.07 Å². The van der Waals surface area contributed by atoms with Gasteiger partial charge in [-0.25, -0.2) is 4.39 Å². The second kappa shape index (κ2) is 9.08. The smallest absolute Gasteiger partial charge is 0.310 e. The minimum Gasteiger partial charge on any atom is -0.457 e. The van der Waals surface area contributed by atoms with Crippen LogP contribution in [-0.4, -0.2) is 30.8 Å². The zero-order valence-corrected chi connectivity index (χ0v) is 14.5. The Morgan fingerprint density at radius 3 is 2.52 bits per heavy atom. The zero-order chi connectivity index (χ0) is 18.2. The summed E-state index contributed by atoms with van der Waals surface area (Å²) in [7, 11) is 0. The molecule has 0 unspecified atom stereocenters. The topological polar surface area (TPSA) is 72.5 Å². The molecule has 7 heteroatoms. The molecular formula is C18H18FNO4S. The van der Waals surface area contributed by atoms with Crippen LogP contribution in [0.5, 0.6) is 0 Å². The molecular weight excluding hydrogens is 345 g/mol. The molecule has 0 aliphatic heterocycles. The highest BCUT2D eigenvalue weighted by Crippen LogP contribution is 2.17. The molecule has 1 N–H and O–H groups in total. The number of carbonyl (C=O) groups is 3. The van der Waals surface area contributed by atoms with E-state index in [0.717, 1.165) is 4.88 Å². The quantitative estimate of drug-likeness (QED) is 0.578. The molecule has 1 amide bonds. The number of esters is 1. The molecule has 0 radical (unpaired) electrons. The van der Waals surface area contributed by atoms with Gasteiger partial charge >= 0.3 is 5.97 Å². The first-order valence-corrected chi connectivity index (χ1v) is 8.52. The van der Waals surface area contributed by atoms with E-state index in [-0.39, 0.29) is 30.5 Å². The normalized spacial score (nSPS) is 10.3. The van der Waals surface area contributed by atoms with Crippen molar-refractivity contribution in [1.29, 1.82) is 0 Å². The third kappa shape index (κ3) is 6.46. The van der Waals surface area contributed by atoms with Crippen LogP contribution in [0.4, 0.5) is 4.39 Å². The van der Waals surface area contributed by atoms with Gasteiger partial charge in [-0.15, -0.1) is 11.3 Å². The van der Waals surface area contributed by atoms with Gasteiger partial charge in [0.05, 0.1) is 11.3 Å². The number of ether oxygens (including phenoxy) is 1. The fourth-order valence-corrected chi connectivity index (χ4v) is 2.99. The van der Waals surface area contributed by atoms with Crippen molar-refractivity contribution in [3.63, 3.8) is 0 Å². The number of hydrogen-bond acceptors (Lipinski definition) is 5. The number of amides is 1. The standard InChI is InChI=1S/C18H18FNO4S/c1-12(21)20-9-8-15-6-7-17(25-15)16(22)11-24-18(23)10-13-2-4-14(19)5-3-13/h2-7H,8-11H2,1H3,(H,20,21). The Morgan fingerprint density at radius 1 is 1.12 bits per heavy atom. The van der Waals surface area contributed by atoms with E-state index in [1.165, 1.54) is 42.5 Å². The van der Waals surface area contributed by atoms with Crippen molar-refractivity contribution in [2.45, 2.75) is 19.8 Å². The molecule has 1 aromatic carbocycles. The second-order valence-electron chi connectivity index (χ2n) is 5.39. The summed E-state index contributed by atoms with van der Waals surface area (Å²) in [6, 6.07) is 9.03. The second-order valence-corrected chi connectivity index (χ2v) is 6.55. The summed E-state index contributed by atoms with van der Waals surface area (Å²) in [4.78, 5) is 36.1. The number of ketones is 1. The molecule has 0 atom stereocenters. The molecule has 0 bridgehead atoms. The van der Waals surface area contributed by atoms with Crippen molar-refractivity contribution in [3.8, 4) is 0 Å².